The second-order valence-electron chi connectivity index (χ2n) is 5.87. The van der Waals surface area contributed by atoms with Crippen LogP contribution >= 0.6 is 0 Å². The predicted molar refractivity (Wildman–Crippen MR) is 58.3 cm³/mol. The second kappa shape index (κ2) is 3.49. The summed E-state index contributed by atoms with van der Waals surface area (Å²) in [5, 5.41) is 10.0. The van der Waals surface area contributed by atoms with Crippen molar-refractivity contribution in [2.45, 2.75) is 76.6 Å². The van der Waals surface area contributed by atoms with Gasteiger partial charge in [-0.15, -0.1) is 0 Å². The number of fused-ring (bicyclic) bond motifs is 2. The molecule has 0 aromatic carbocycles. The number of hydrogen-bond acceptors (Lipinski definition) is 2. The highest BCUT2D eigenvalue weighted by atomic mass is 16.3. The Balaban J connectivity index is 2.20. The van der Waals surface area contributed by atoms with E-state index in [4.69, 9.17) is 0 Å². The summed E-state index contributed by atoms with van der Waals surface area (Å²) >= 11 is 0. The van der Waals surface area contributed by atoms with Gasteiger partial charge in [-0.1, -0.05) is 6.42 Å². The molecule has 2 bridgehead atoms. The lowest BCUT2D eigenvalue weighted by Gasteiger charge is -2.54. The van der Waals surface area contributed by atoms with Crippen molar-refractivity contribution < 1.29 is 5.11 Å². The Labute approximate surface area is 87.3 Å². The number of piperidine rings is 2. The van der Waals surface area contributed by atoms with Gasteiger partial charge in [-0.25, -0.2) is 0 Å². The summed E-state index contributed by atoms with van der Waals surface area (Å²) < 4.78 is 0. The summed E-state index contributed by atoms with van der Waals surface area (Å²) in [6.07, 6.45) is 5.95. The molecule has 0 aromatic rings. The molecule has 2 heteroatoms. The molecule has 0 spiro atoms. The fourth-order valence-corrected chi connectivity index (χ4v) is 3.37. The molecule has 0 aromatic heterocycles. The summed E-state index contributed by atoms with van der Waals surface area (Å²) in [4.78, 5) is 2.57. The molecule has 2 aliphatic rings. The zero-order valence-electron chi connectivity index (χ0n) is 9.66. The first-order valence-corrected chi connectivity index (χ1v) is 5.96. The van der Waals surface area contributed by atoms with Crippen molar-refractivity contribution in [2.75, 3.05) is 0 Å². The van der Waals surface area contributed by atoms with E-state index in [1.807, 2.05) is 0 Å². The maximum absolute atomic E-state index is 10.0. The van der Waals surface area contributed by atoms with Gasteiger partial charge in [-0.2, -0.15) is 0 Å². The van der Waals surface area contributed by atoms with Crippen LogP contribution in [0.2, 0.25) is 0 Å². The molecule has 0 radical (unpaired) electrons. The van der Waals surface area contributed by atoms with Crippen LogP contribution in [0.15, 0.2) is 0 Å². The van der Waals surface area contributed by atoms with E-state index in [-0.39, 0.29) is 11.6 Å². The SMILES string of the molecule is CC(C)(C)N1C2CCCC1[C@H](O)CC2. The Morgan fingerprint density at radius 2 is 1.79 bits per heavy atom. The highest BCUT2D eigenvalue weighted by molar-refractivity contribution is 4.98. The van der Waals surface area contributed by atoms with Crippen molar-refractivity contribution in [3.05, 3.63) is 0 Å². The fourth-order valence-electron chi connectivity index (χ4n) is 3.37. The van der Waals surface area contributed by atoms with E-state index in [1.165, 1.54) is 25.7 Å². The van der Waals surface area contributed by atoms with Crippen LogP contribution in [0.25, 0.3) is 0 Å². The molecule has 2 unspecified atom stereocenters. The largest absolute Gasteiger partial charge is 0.391 e. The van der Waals surface area contributed by atoms with Crippen molar-refractivity contribution in [1.29, 1.82) is 0 Å². The van der Waals surface area contributed by atoms with Gasteiger partial charge in [0.05, 0.1) is 6.10 Å². The number of rotatable bonds is 0. The average molecular weight is 197 g/mol. The van der Waals surface area contributed by atoms with Gasteiger partial charge < -0.3 is 5.11 Å². The number of nitrogens with zero attached hydrogens (tertiary/aromatic N) is 1. The zero-order valence-corrected chi connectivity index (χ0v) is 9.66. The Morgan fingerprint density at radius 3 is 2.36 bits per heavy atom. The Bertz CT molecular complexity index is 209. The van der Waals surface area contributed by atoms with Gasteiger partial charge in [0, 0.05) is 17.6 Å². The molecular formula is C12H23NO. The van der Waals surface area contributed by atoms with Crippen LogP contribution in [0.3, 0.4) is 0 Å². The third kappa shape index (κ3) is 1.70. The summed E-state index contributed by atoms with van der Waals surface area (Å²) in [5.41, 5.74) is 0.219. The van der Waals surface area contributed by atoms with Gasteiger partial charge in [-0.3, -0.25) is 4.90 Å². The van der Waals surface area contributed by atoms with E-state index in [9.17, 15) is 5.11 Å². The molecule has 2 heterocycles. The van der Waals surface area contributed by atoms with Gasteiger partial charge in [0.2, 0.25) is 0 Å². The lowest BCUT2D eigenvalue weighted by atomic mass is 9.79. The first kappa shape index (κ1) is 10.4. The lowest BCUT2D eigenvalue weighted by molar-refractivity contribution is -0.0919. The molecule has 1 N–H and O–H groups in total. The molecule has 2 aliphatic heterocycles. The van der Waals surface area contributed by atoms with Gasteiger partial charge >= 0.3 is 0 Å². The minimum atomic E-state index is -0.0780. The van der Waals surface area contributed by atoms with Gasteiger partial charge in [-0.05, 0) is 46.5 Å². The van der Waals surface area contributed by atoms with Crippen LogP contribution in [-0.2, 0) is 0 Å². The molecule has 0 saturated carbocycles. The molecule has 2 saturated heterocycles. The molecule has 14 heavy (non-hydrogen) atoms. The Morgan fingerprint density at radius 1 is 1.07 bits per heavy atom. The summed E-state index contributed by atoms with van der Waals surface area (Å²) in [5.74, 6) is 0. The maximum Gasteiger partial charge on any atom is 0.0696 e. The maximum atomic E-state index is 10.0. The van der Waals surface area contributed by atoms with E-state index >= 15 is 0 Å². The normalized spacial score (nSPS) is 39.9. The lowest BCUT2D eigenvalue weighted by Crippen LogP contribution is -2.62. The third-order valence-corrected chi connectivity index (χ3v) is 3.80. The molecule has 2 nitrogen and oxygen atoms in total. The van der Waals surface area contributed by atoms with Crippen LogP contribution in [0.4, 0.5) is 0 Å². The van der Waals surface area contributed by atoms with Gasteiger partial charge in [0.25, 0.3) is 0 Å². The second-order valence-corrected chi connectivity index (χ2v) is 5.87. The first-order chi connectivity index (χ1) is 6.50. The quantitative estimate of drug-likeness (QED) is 0.643. The molecular weight excluding hydrogens is 174 g/mol. The average Bonchev–Trinajstić information content (AvgIpc) is 2.10. The van der Waals surface area contributed by atoms with Crippen molar-refractivity contribution in [3.8, 4) is 0 Å². The summed E-state index contributed by atoms with van der Waals surface area (Å²) in [7, 11) is 0. The standard InChI is InChI=1S/C12H23NO/c1-12(2,3)13-9-5-4-6-10(13)11(14)8-7-9/h9-11,14H,4-8H2,1-3H3/t9?,10?,11-/m1/s1. The Hall–Kier alpha value is -0.0800. The van der Waals surface area contributed by atoms with Gasteiger partial charge in [0.15, 0.2) is 0 Å². The molecule has 82 valence electrons. The van der Waals surface area contributed by atoms with Crippen LogP contribution in [0, 0.1) is 0 Å². The van der Waals surface area contributed by atoms with Crippen molar-refractivity contribution in [3.63, 3.8) is 0 Å². The zero-order chi connectivity index (χ0) is 10.3. The number of aliphatic hydroxyl groups is 1. The highest BCUT2D eigenvalue weighted by Gasteiger charge is 2.43. The number of aliphatic hydroxyl groups excluding tert-OH is 1. The monoisotopic (exact) mass is 197 g/mol. The third-order valence-electron chi connectivity index (χ3n) is 3.80. The minimum absolute atomic E-state index is 0.0780. The number of hydrogen-bond donors (Lipinski definition) is 1. The molecule has 0 aliphatic carbocycles. The Kier molecular flexibility index (Phi) is 2.61. The smallest absolute Gasteiger partial charge is 0.0696 e. The van der Waals surface area contributed by atoms with Gasteiger partial charge in [0.1, 0.15) is 0 Å². The first-order valence-electron chi connectivity index (χ1n) is 5.96. The van der Waals surface area contributed by atoms with Crippen molar-refractivity contribution >= 4 is 0 Å². The summed E-state index contributed by atoms with van der Waals surface area (Å²) in [6, 6.07) is 1.17. The van der Waals surface area contributed by atoms with Crippen LogP contribution in [0.1, 0.15) is 52.9 Å². The van der Waals surface area contributed by atoms with E-state index in [0.29, 0.717) is 6.04 Å². The molecule has 0 amide bonds. The fraction of sp³-hybridized carbons (Fsp3) is 1.00. The van der Waals surface area contributed by atoms with Crippen LogP contribution in [-0.4, -0.2) is 33.7 Å². The van der Waals surface area contributed by atoms with Crippen molar-refractivity contribution in [2.24, 2.45) is 0 Å². The molecule has 3 atom stereocenters. The minimum Gasteiger partial charge on any atom is -0.391 e. The van der Waals surface area contributed by atoms with E-state index in [0.717, 1.165) is 12.5 Å². The van der Waals surface area contributed by atoms with E-state index in [2.05, 4.69) is 25.7 Å². The van der Waals surface area contributed by atoms with Crippen LogP contribution in [0.5, 0.6) is 0 Å². The van der Waals surface area contributed by atoms with E-state index in [1.54, 1.807) is 0 Å². The molecule has 2 fully saturated rings. The van der Waals surface area contributed by atoms with E-state index < -0.39 is 0 Å². The topological polar surface area (TPSA) is 23.5 Å². The summed E-state index contributed by atoms with van der Waals surface area (Å²) in [6.45, 7) is 6.82. The van der Waals surface area contributed by atoms with Crippen molar-refractivity contribution in [1.82, 2.24) is 4.90 Å². The highest BCUT2D eigenvalue weighted by Crippen LogP contribution is 2.38. The predicted octanol–water partition coefficient (Wildman–Crippen LogP) is 2.16. The van der Waals surface area contributed by atoms with Crippen LogP contribution < -0.4 is 0 Å². The molecule has 2 rings (SSSR count).